The second-order valence-electron chi connectivity index (χ2n) is 5.63. The molecule has 0 bridgehead atoms. The highest BCUT2D eigenvalue weighted by Gasteiger charge is 2.44. The van der Waals surface area contributed by atoms with Gasteiger partial charge in [-0.3, -0.25) is 4.90 Å². The fraction of sp³-hybridized carbons (Fsp3) is 0.714. The molecule has 1 spiro atoms. The number of hydrogen-bond donors (Lipinski definition) is 0. The third-order valence-electron chi connectivity index (χ3n) is 4.22. The predicted molar refractivity (Wildman–Crippen MR) is 73.8 cm³/mol. The summed E-state index contributed by atoms with van der Waals surface area (Å²) < 4.78 is 17.5. The van der Waals surface area contributed by atoms with E-state index in [0.29, 0.717) is 13.2 Å². The molecule has 2 fully saturated rings. The van der Waals surface area contributed by atoms with Gasteiger partial charge in [0.2, 0.25) is 0 Å². The molecule has 2 aliphatic heterocycles. The van der Waals surface area contributed by atoms with Crippen molar-refractivity contribution < 1.29 is 19.0 Å². The lowest BCUT2D eigenvalue weighted by molar-refractivity contribution is -0.00246. The van der Waals surface area contributed by atoms with Crippen LogP contribution in [0.2, 0.25) is 0 Å². The third-order valence-corrected chi connectivity index (χ3v) is 4.22. The molecule has 3 heterocycles. The highest BCUT2D eigenvalue weighted by atomic mass is 16.8. The van der Waals surface area contributed by atoms with Crippen LogP contribution in [0.25, 0.3) is 0 Å². The summed E-state index contributed by atoms with van der Waals surface area (Å²) in [6, 6.07) is 0. The van der Waals surface area contributed by atoms with Crippen molar-refractivity contribution in [2.24, 2.45) is 0 Å². The molecule has 7 heteroatoms. The summed E-state index contributed by atoms with van der Waals surface area (Å²) in [6.07, 6.45) is 4.91. The SMILES string of the molecule is COCCn1ccnc1CN1CCC2(CC1)COC(=O)O2. The van der Waals surface area contributed by atoms with Crippen molar-refractivity contribution in [1.82, 2.24) is 14.5 Å². The van der Waals surface area contributed by atoms with E-state index in [2.05, 4.69) is 14.5 Å². The molecule has 0 unspecified atom stereocenters. The van der Waals surface area contributed by atoms with Crippen molar-refractivity contribution in [1.29, 1.82) is 0 Å². The first-order chi connectivity index (χ1) is 10.2. The van der Waals surface area contributed by atoms with Crippen LogP contribution < -0.4 is 0 Å². The Kier molecular flexibility index (Phi) is 4.12. The van der Waals surface area contributed by atoms with Gasteiger partial charge in [-0.1, -0.05) is 0 Å². The maximum absolute atomic E-state index is 11.1. The molecule has 0 radical (unpaired) electrons. The number of piperidine rings is 1. The van der Waals surface area contributed by atoms with Crippen LogP contribution in [0.4, 0.5) is 4.79 Å². The lowest BCUT2D eigenvalue weighted by Gasteiger charge is -2.36. The number of carbonyl (C=O) groups is 1. The Labute approximate surface area is 123 Å². The summed E-state index contributed by atoms with van der Waals surface area (Å²) in [5, 5.41) is 0. The van der Waals surface area contributed by atoms with E-state index >= 15 is 0 Å². The van der Waals surface area contributed by atoms with Crippen molar-refractivity contribution in [3.05, 3.63) is 18.2 Å². The van der Waals surface area contributed by atoms with Crippen LogP contribution in [0.1, 0.15) is 18.7 Å². The molecule has 0 aromatic carbocycles. The van der Waals surface area contributed by atoms with Gasteiger partial charge >= 0.3 is 6.16 Å². The highest BCUT2D eigenvalue weighted by Crippen LogP contribution is 2.31. The number of aromatic nitrogens is 2. The van der Waals surface area contributed by atoms with Crippen LogP contribution in [0.5, 0.6) is 0 Å². The van der Waals surface area contributed by atoms with Gasteiger partial charge in [0.25, 0.3) is 0 Å². The van der Waals surface area contributed by atoms with Crippen molar-refractivity contribution in [2.45, 2.75) is 31.5 Å². The minimum atomic E-state index is -0.529. The van der Waals surface area contributed by atoms with Gasteiger partial charge in [0.15, 0.2) is 5.60 Å². The molecular formula is C14H21N3O4. The number of likely N-dealkylation sites (tertiary alicyclic amines) is 1. The molecule has 0 saturated carbocycles. The highest BCUT2D eigenvalue weighted by molar-refractivity contribution is 5.62. The number of carbonyl (C=O) groups excluding carboxylic acids is 1. The molecule has 2 aliphatic rings. The quantitative estimate of drug-likeness (QED) is 0.756. The Hall–Kier alpha value is -1.60. The molecule has 3 rings (SSSR count). The lowest BCUT2D eigenvalue weighted by Crippen LogP contribution is -2.45. The monoisotopic (exact) mass is 295 g/mol. The van der Waals surface area contributed by atoms with E-state index < -0.39 is 6.16 Å². The summed E-state index contributed by atoms with van der Waals surface area (Å²) in [6.45, 7) is 4.46. The summed E-state index contributed by atoms with van der Waals surface area (Å²) in [5.74, 6) is 1.04. The second-order valence-corrected chi connectivity index (χ2v) is 5.63. The Morgan fingerprint density at radius 1 is 1.43 bits per heavy atom. The van der Waals surface area contributed by atoms with Crippen LogP contribution in [-0.4, -0.2) is 59.6 Å². The van der Waals surface area contributed by atoms with Crippen LogP contribution in [0.3, 0.4) is 0 Å². The molecule has 1 aromatic heterocycles. The predicted octanol–water partition coefficient (Wildman–Crippen LogP) is 1.03. The normalized spacial score (nSPS) is 21.5. The Balaban J connectivity index is 1.53. The van der Waals surface area contributed by atoms with Crippen LogP contribution in [0, 0.1) is 0 Å². The molecule has 0 aliphatic carbocycles. The minimum absolute atomic E-state index is 0.390. The number of nitrogens with zero attached hydrogens (tertiary/aromatic N) is 3. The van der Waals surface area contributed by atoms with Crippen molar-refractivity contribution in [2.75, 3.05) is 33.4 Å². The Bertz CT molecular complexity index is 494. The summed E-state index contributed by atoms with van der Waals surface area (Å²) in [5.41, 5.74) is -0.390. The number of ether oxygens (including phenoxy) is 3. The van der Waals surface area contributed by atoms with Gasteiger partial charge in [-0.15, -0.1) is 0 Å². The van der Waals surface area contributed by atoms with Gasteiger partial charge in [0, 0.05) is 52.0 Å². The van der Waals surface area contributed by atoms with E-state index in [4.69, 9.17) is 14.2 Å². The largest absolute Gasteiger partial charge is 0.509 e. The van der Waals surface area contributed by atoms with Crippen molar-refractivity contribution in [3.63, 3.8) is 0 Å². The zero-order valence-corrected chi connectivity index (χ0v) is 12.3. The van der Waals surface area contributed by atoms with E-state index in [9.17, 15) is 4.79 Å². The Morgan fingerprint density at radius 2 is 2.24 bits per heavy atom. The maximum atomic E-state index is 11.1. The van der Waals surface area contributed by atoms with Crippen LogP contribution in [-0.2, 0) is 27.3 Å². The van der Waals surface area contributed by atoms with Gasteiger partial charge in [0.1, 0.15) is 12.4 Å². The fourth-order valence-electron chi connectivity index (χ4n) is 2.88. The fourth-order valence-corrected chi connectivity index (χ4v) is 2.88. The first-order valence-electron chi connectivity index (χ1n) is 7.28. The van der Waals surface area contributed by atoms with Gasteiger partial charge in [-0.05, 0) is 0 Å². The minimum Gasteiger partial charge on any atom is -0.430 e. The second kappa shape index (κ2) is 6.03. The third kappa shape index (κ3) is 3.19. The van der Waals surface area contributed by atoms with E-state index in [0.717, 1.165) is 44.8 Å². The zero-order chi connectivity index (χ0) is 14.7. The van der Waals surface area contributed by atoms with Crippen molar-refractivity contribution in [3.8, 4) is 0 Å². The van der Waals surface area contributed by atoms with E-state index in [1.165, 1.54) is 0 Å². The molecule has 116 valence electrons. The molecule has 0 amide bonds. The van der Waals surface area contributed by atoms with Gasteiger partial charge in [-0.2, -0.15) is 0 Å². The van der Waals surface area contributed by atoms with E-state index in [1.54, 1.807) is 7.11 Å². The number of cyclic esters (lactones) is 1. The van der Waals surface area contributed by atoms with E-state index in [-0.39, 0.29) is 5.60 Å². The summed E-state index contributed by atoms with van der Waals surface area (Å²) >= 11 is 0. The first kappa shape index (κ1) is 14.3. The lowest BCUT2D eigenvalue weighted by atomic mass is 9.92. The standard InChI is InChI=1S/C14H21N3O4/c1-19-9-8-17-7-4-15-12(17)10-16-5-2-14(3-6-16)11-20-13(18)21-14/h4,7H,2-3,5-6,8-11H2,1H3. The molecule has 2 saturated heterocycles. The Morgan fingerprint density at radius 3 is 2.90 bits per heavy atom. The van der Waals surface area contributed by atoms with Gasteiger partial charge in [-0.25, -0.2) is 9.78 Å². The number of imidazole rings is 1. The van der Waals surface area contributed by atoms with Crippen molar-refractivity contribution >= 4 is 6.16 Å². The number of hydrogen-bond acceptors (Lipinski definition) is 6. The molecule has 1 aromatic rings. The number of methoxy groups -OCH3 is 1. The molecule has 21 heavy (non-hydrogen) atoms. The first-order valence-corrected chi connectivity index (χ1v) is 7.28. The average Bonchev–Trinajstić information content (AvgIpc) is 3.07. The van der Waals surface area contributed by atoms with Gasteiger partial charge in [0.05, 0.1) is 13.2 Å². The van der Waals surface area contributed by atoms with Gasteiger partial charge < -0.3 is 18.8 Å². The zero-order valence-electron chi connectivity index (χ0n) is 12.3. The summed E-state index contributed by atoms with van der Waals surface area (Å²) in [7, 11) is 1.70. The smallest absolute Gasteiger partial charge is 0.430 e. The van der Waals surface area contributed by atoms with Crippen LogP contribution in [0.15, 0.2) is 12.4 Å². The number of rotatable bonds is 5. The molecule has 0 N–H and O–H groups in total. The summed E-state index contributed by atoms with van der Waals surface area (Å²) in [4.78, 5) is 17.9. The van der Waals surface area contributed by atoms with E-state index in [1.807, 2.05) is 12.4 Å². The molecular weight excluding hydrogens is 274 g/mol. The molecule has 7 nitrogen and oxygen atoms in total. The topological polar surface area (TPSA) is 65.8 Å². The average molecular weight is 295 g/mol. The maximum Gasteiger partial charge on any atom is 0.509 e. The molecule has 0 atom stereocenters. The van der Waals surface area contributed by atoms with Crippen LogP contribution >= 0.6 is 0 Å².